The smallest absolute Gasteiger partial charge is 0.326 e. The van der Waals surface area contributed by atoms with Crippen LogP contribution in [0.2, 0.25) is 5.02 Å². The zero-order valence-electron chi connectivity index (χ0n) is 13.6. The number of amides is 2. The number of carbonyl (C=O) groups excluding carboxylic acids is 2. The van der Waals surface area contributed by atoms with Crippen molar-refractivity contribution in [3.8, 4) is 0 Å². The average molecular weight is 353 g/mol. The van der Waals surface area contributed by atoms with Gasteiger partial charge in [-0.05, 0) is 30.5 Å². The van der Waals surface area contributed by atoms with Crippen molar-refractivity contribution in [2.24, 2.45) is 11.8 Å². The summed E-state index contributed by atoms with van der Waals surface area (Å²) in [5.74, 6) is -1.64. The van der Waals surface area contributed by atoms with Crippen LogP contribution in [0.5, 0.6) is 0 Å². The Labute approximate surface area is 145 Å². The first-order valence-electron chi connectivity index (χ1n) is 7.92. The number of anilines is 1. The Morgan fingerprint density at radius 1 is 1.29 bits per heavy atom. The van der Waals surface area contributed by atoms with E-state index in [0.29, 0.717) is 18.0 Å². The number of carboxylic acid groups (broad SMARTS) is 1. The summed E-state index contributed by atoms with van der Waals surface area (Å²) in [6, 6.07) is 3.62. The molecule has 2 rings (SSSR count). The zero-order valence-corrected chi connectivity index (χ0v) is 14.4. The first kappa shape index (κ1) is 18.3. The molecular weight excluding hydrogens is 332 g/mol. The summed E-state index contributed by atoms with van der Waals surface area (Å²) in [7, 11) is 0. The van der Waals surface area contributed by atoms with Gasteiger partial charge in [0.05, 0.1) is 10.6 Å². The lowest BCUT2D eigenvalue weighted by molar-refractivity contribution is -0.139. The van der Waals surface area contributed by atoms with Crippen molar-refractivity contribution in [1.29, 1.82) is 0 Å². The van der Waals surface area contributed by atoms with Gasteiger partial charge in [0.15, 0.2) is 0 Å². The lowest BCUT2D eigenvalue weighted by Crippen LogP contribution is -2.41. The maximum atomic E-state index is 12.4. The van der Waals surface area contributed by atoms with E-state index in [1.54, 1.807) is 19.9 Å². The summed E-state index contributed by atoms with van der Waals surface area (Å²) in [6.07, 6.45) is 2.41. The van der Waals surface area contributed by atoms with Gasteiger partial charge in [-0.3, -0.25) is 9.59 Å². The van der Waals surface area contributed by atoms with Gasteiger partial charge in [0.1, 0.15) is 6.04 Å². The molecule has 1 aliphatic carbocycles. The molecule has 0 saturated heterocycles. The summed E-state index contributed by atoms with van der Waals surface area (Å²) < 4.78 is 0. The highest BCUT2D eigenvalue weighted by atomic mass is 35.5. The van der Waals surface area contributed by atoms with E-state index in [1.807, 2.05) is 0 Å². The van der Waals surface area contributed by atoms with E-state index in [-0.39, 0.29) is 22.4 Å². The fraction of sp³-hybridized carbons (Fsp3) is 0.471. The Morgan fingerprint density at radius 2 is 1.96 bits per heavy atom. The summed E-state index contributed by atoms with van der Waals surface area (Å²) >= 11 is 6.05. The normalized spacial score (nSPS) is 15.0. The van der Waals surface area contributed by atoms with Crippen LogP contribution in [0.15, 0.2) is 18.2 Å². The number of carboxylic acids is 1. The Morgan fingerprint density at radius 3 is 2.50 bits per heavy atom. The minimum absolute atomic E-state index is 0.139. The SMILES string of the molecule is CC(C)C(=O)Nc1ccc(Cl)c(C(=O)NC(CC2CC2)C(=O)O)c1. The van der Waals surface area contributed by atoms with Gasteiger partial charge in [-0.15, -0.1) is 0 Å². The summed E-state index contributed by atoms with van der Waals surface area (Å²) in [6.45, 7) is 3.52. The molecule has 24 heavy (non-hydrogen) atoms. The van der Waals surface area contributed by atoms with Gasteiger partial charge in [-0.2, -0.15) is 0 Å². The second-order valence-electron chi connectivity index (χ2n) is 6.38. The van der Waals surface area contributed by atoms with E-state index in [9.17, 15) is 19.5 Å². The first-order valence-corrected chi connectivity index (χ1v) is 8.29. The number of benzene rings is 1. The van der Waals surface area contributed by atoms with Gasteiger partial charge in [0.2, 0.25) is 5.91 Å². The highest BCUT2D eigenvalue weighted by molar-refractivity contribution is 6.34. The van der Waals surface area contributed by atoms with Gasteiger partial charge >= 0.3 is 5.97 Å². The Kier molecular flexibility index (Phi) is 5.83. The molecule has 1 saturated carbocycles. The Hall–Kier alpha value is -2.08. The molecule has 1 aromatic carbocycles. The molecule has 7 heteroatoms. The molecule has 0 spiro atoms. The number of aliphatic carboxylic acids is 1. The van der Waals surface area contributed by atoms with E-state index in [0.717, 1.165) is 12.8 Å². The van der Waals surface area contributed by atoms with Crippen LogP contribution in [0, 0.1) is 11.8 Å². The van der Waals surface area contributed by atoms with Gasteiger partial charge < -0.3 is 15.7 Å². The van der Waals surface area contributed by atoms with Gasteiger partial charge in [0, 0.05) is 11.6 Å². The molecule has 0 aromatic heterocycles. The van der Waals surface area contributed by atoms with Crippen LogP contribution in [0.1, 0.15) is 43.5 Å². The van der Waals surface area contributed by atoms with Crippen LogP contribution in [0.3, 0.4) is 0 Å². The quantitative estimate of drug-likeness (QED) is 0.703. The monoisotopic (exact) mass is 352 g/mol. The zero-order chi connectivity index (χ0) is 17.9. The number of halogens is 1. The van der Waals surface area contributed by atoms with Crippen molar-refractivity contribution in [2.75, 3.05) is 5.32 Å². The van der Waals surface area contributed by atoms with Crippen LogP contribution in [0.25, 0.3) is 0 Å². The number of rotatable bonds is 7. The molecule has 1 aromatic rings. The molecule has 1 aliphatic rings. The van der Waals surface area contributed by atoms with Gasteiger partial charge in [-0.1, -0.05) is 38.3 Å². The maximum Gasteiger partial charge on any atom is 0.326 e. The molecule has 130 valence electrons. The summed E-state index contributed by atoms with van der Waals surface area (Å²) in [5.41, 5.74) is 0.581. The third kappa shape index (κ3) is 4.96. The van der Waals surface area contributed by atoms with Gasteiger partial charge in [-0.25, -0.2) is 4.79 Å². The molecule has 0 radical (unpaired) electrons. The molecule has 1 atom stereocenters. The lowest BCUT2D eigenvalue weighted by Gasteiger charge is -2.15. The van der Waals surface area contributed by atoms with Gasteiger partial charge in [0.25, 0.3) is 5.91 Å². The predicted molar refractivity (Wildman–Crippen MR) is 91.2 cm³/mol. The molecule has 3 N–H and O–H groups in total. The molecule has 0 bridgehead atoms. The average Bonchev–Trinajstić information content (AvgIpc) is 3.32. The first-order chi connectivity index (χ1) is 11.3. The van der Waals surface area contributed by atoms with Crippen molar-refractivity contribution in [2.45, 2.75) is 39.2 Å². The lowest BCUT2D eigenvalue weighted by atomic mass is 10.1. The van der Waals surface area contributed by atoms with Crippen LogP contribution >= 0.6 is 11.6 Å². The number of nitrogens with one attached hydrogen (secondary N) is 2. The van der Waals surface area contributed by atoms with Crippen LogP contribution in [0.4, 0.5) is 5.69 Å². The summed E-state index contributed by atoms with van der Waals surface area (Å²) in [5, 5.41) is 14.6. The Bertz CT molecular complexity index is 656. The molecular formula is C17H21ClN2O4. The molecule has 1 unspecified atom stereocenters. The molecule has 2 amide bonds. The van der Waals surface area contributed by atoms with Crippen molar-refractivity contribution < 1.29 is 19.5 Å². The second-order valence-corrected chi connectivity index (χ2v) is 6.79. The minimum atomic E-state index is -1.06. The fourth-order valence-corrected chi connectivity index (χ4v) is 2.41. The van der Waals surface area contributed by atoms with Crippen molar-refractivity contribution in [1.82, 2.24) is 5.32 Å². The van der Waals surface area contributed by atoms with Crippen LogP contribution < -0.4 is 10.6 Å². The number of hydrogen-bond donors (Lipinski definition) is 3. The maximum absolute atomic E-state index is 12.4. The van der Waals surface area contributed by atoms with Crippen LogP contribution in [-0.4, -0.2) is 28.9 Å². The van der Waals surface area contributed by atoms with E-state index in [2.05, 4.69) is 10.6 Å². The molecule has 0 aliphatic heterocycles. The van der Waals surface area contributed by atoms with E-state index in [1.165, 1.54) is 12.1 Å². The highest BCUT2D eigenvalue weighted by Crippen LogP contribution is 2.33. The topological polar surface area (TPSA) is 95.5 Å². The largest absolute Gasteiger partial charge is 0.480 e. The predicted octanol–water partition coefficient (Wildman–Crippen LogP) is 2.92. The van der Waals surface area contributed by atoms with E-state index < -0.39 is 17.9 Å². The van der Waals surface area contributed by atoms with Crippen LogP contribution in [-0.2, 0) is 9.59 Å². The highest BCUT2D eigenvalue weighted by Gasteiger charge is 2.30. The number of carbonyl (C=O) groups is 3. The molecule has 1 fully saturated rings. The van der Waals surface area contributed by atoms with Crippen molar-refractivity contribution >= 4 is 35.1 Å². The second kappa shape index (κ2) is 7.66. The Balaban J connectivity index is 2.12. The third-order valence-corrected chi connectivity index (χ3v) is 4.20. The standard InChI is InChI=1S/C17H21ClN2O4/c1-9(2)15(21)19-11-5-6-13(18)12(8-11)16(22)20-14(17(23)24)7-10-3-4-10/h5-6,8-10,14H,3-4,7H2,1-2H3,(H,19,21)(H,20,22)(H,23,24). The summed E-state index contributed by atoms with van der Waals surface area (Å²) in [4.78, 5) is 35.4. The van der Waals surface area contributed by atoms with Crippen molar-refractivity contribution in [3.63, 3.8) is 0 Å². The van der Waals surface area contributed by atoms with Crippen molar-refractivity contribution in [3.05, 3.63) is 28.8 Å². The fourth-order valence-electron chi connectivity index (χ4n) is 2.21. The molecule has 6 nitrogen and oxygen atoms in total. The van der Waals surface area contributed by atoms with E-state index in [4.69, 9.17) is 11.6 Å². The molecule has 0 heterocycles. The minimum Gasteiger partial charge on any atom is -0.480 e. The van der Waals surface area contributed by atoms with E-state index >= 15 is 0 Å². The third-order valence-electron chi connectivity index (χ3n) is 3.87. The number of hydrogen-bond acceptors (Lipinski definition) is 3.